The third kappa shape index (κ3) is 3.61. The Hall–Kier alpha value is -0.870. The lowest BCUT2D eigenvalue weighted by molar-refractivity contribution is 0.128. The molecule has 0 aromatic heterocycles. The van der Waals surface area contributed by atoms with E-state index in [0.717, 1.165) is 11.1 Å². The lowest BCUT2D eigenvalue weighted by Crippen LogP contribution is -2.16. The SMILES string of the molecule is Cc1cc(O)cc(C)c1[C@@H](N)CC(F)F.Cl. The molecular formula is C11H16ClF2NO. The zero-order chi connectivity index (χ0) is 11.6. The van der Waals surface area contributed by atoms with Crippen molar-refractivity contribution < 1.29 is 13.9 Å². The summed E-state index contributed by atoms with van der Waals surface area (Å²) in [5, 5.41) is 9.29. The Bertz CT molecular complexity index is 335. The predicted octanol–water partition coefficient (Wildman–Crippen LogP) is 3.09. The fourth-order valence-electron chi connectivity index (χ4n) is 1.85. The third-order valence-electron chi connectivity index (χ3n) is 2.38. The quantitative estimate of drug-likeness (QED) is 0.867. The summed E-state index contributed by atoms with van der Waals surface area (Å²) in [6, 6.07) is 2.40. The van der Waals surface area contributed by atoms with Crippen LogP contribution in [0.2, 0.25) is 0 Å². The Morgan fingerprint density at radius 3 is 2.06 bits per heavy atom. The average Bonchev–Trinajstić information content (AvgIpc) is 1.99. The highest BCUT2D eigenvalue weighted by molar-refractivity contribution is 5.85. The van der Waals surface area contributed by atoms with Gasteiger partial charge in [-0.2, -0.15) is 0 Å². The number of benzene rings is 1. The first kappa shape index (κ1) is 15.1. The highest BCUT2D eigenvalue weighted by Crippen LogP contribution is 2.28. The predicted molar refractivity (Wildman–Crippen MR) is 62.4 cm³/mol. The molecule has 3 N–H and O–H groups in total. The van der Waals surface area contributed by atoms with E-state index < -0.39 is 12.5 Å². The van der Waals surface area contributed by atoms with Crippen LogP contribution in [0.4, 0.5) is 8.78 Å². The number of phenols is 1. The van der Waals surface area contributed by atoms with Gasteiger partial charge in [0.05, 0.1) is 0 Å². The Balaban J connectivity index is 0.00000225. The topological polar surface area (TPSA) is 46.2 Å². The molecule has 0 aliphatic carbocycles. The summed E-state index contributed by atoms with van der Waals surface area (Å²) >= 11 is 0. The van der Waals surface area contributed by atoms with Crippen LogP contribution in [-0.2, 0) is 0 Å². The lowest BCUT2D eigenvalue weighted by Gasteiger charge is -2.17. The molecule has 0 amide bonds. The molecule has 0 spiro atoms. The molecule has 1 aromatic carbocycles. The van der Waals surface area contributed by atoms with Crippen LogP contribution in [0.1, 0.15) is 29.2 Å². The highest BCUT2D eigenvalue weighted by atomic mass is 35.5. The molecule has 5 heteroatoms. The molecule has 0 unspecified atom stereocenters. The molecule has 0 aliphatic heterocycles. The third-order valence-corrected chi connectivity index (χ3v) is 2.38. The van der Waals surface area contributed by atoms with E-state index in [-0.39, 0.29) is 24.6 Å². The van der Waals surface area contributed by atoms with Gasteiger partial charge in [-0.05, 0) is 42.7 Å². The molecule has 92 valence electrons. The largest absolute Gasteiger partial charge is 0.508 e. The highest BCUT2D eigenvalue weighted by Gasteiger charge is 2.17. The zero-order valence-electron chi connectivity index (χ0n) is 9.21. The van der Waals surface area contributed by atoms with Crippen LogP contribution >= 0.6 is 12.4 Å². The van der Waals surface area contributed by atoms with Gasteiger partial charge >= 0.3 is 0 Å². The van der Waals surface area contributed by atoms with Gasteiger partial charge in [0.1, 0.15) is 5.75 Å². The molecule has 0 aliphatic rings. The molecule has 0 saturated carbocycles. The van der Waals surface area contributed by atoms with E-state index in [1.165, 1.54) is 12.1 Å². The number of halogens is 3. The number of hydrogen-bond donors (Lipinski definition) is 2. The van der Waals surface area contributed by atoms with E-state index in [9.17, 15) is 13.9 Å². The van der Waals surface area contributed by atoms with Gasteiger partial charge < -0.3 is 10.8 Å². The summed E-state index contributed by atoms with van der Waals surface area (Å²) in [4.78, 5) is 0. The van der Waals surface area contributed by atoms with Crippen molar-refractivity contribution in [2.75, 3.05) is 0 Å². The number of hydrogen-bond acceptors (Lipinski definition) is 2. The second kappa shape index (κ2) is 6.01. The van der Waals surface area contributed by atoms with Gasteiger partial charge in [-0.25, -0.2) is 8.78 Å². The molecule has 1 rings (SSSR count). The minimum Gasteiger partial charge on any atom is -0.508 e. The van der Waals surface area contributed by atoms with E-state index in [1.807, 2.05) is 0 Å². The van der Waals surface area contributed by atoms with Gasteiger partial charge in [-0.3, -0.25) is 0 Å². The van der Waals surface area contributed by atoms with E-state index in [1.54, 1.807) is 13.8 Å². The second-order valence-corrected chi connectivity index (χ2v) is 3.73. The van der Waals surface area contributed by atoms with Crippen molar-refractivity contribution in [1.82, 2.24) is 0 Å². The molecule has 0 heterocycles. The van der Waals surface area contributed by atoms with Crippen LogP contribution < -0.4 is 5.73 Å². The van der Waals surface area contributed by atoms with Crippen molar-refractivity contribution in [1.29, 1.82) is 0 Å². The number of nitrogens with two attached hydrogens (primary N) is 1. The number of rotatable bonds is 3. The smallest absolute Gasteiger partial charge is 0.240 e. The van der Waals surface area contributed by atoms with Crippen molar-refractivity contribution in [3.05, 3.63) is 28.8 Å². The van der Waals surface area contributed by atoms with Gasteiger partial charge in [0.25, 0.3) is 0 Å². The monoisotopic (exact) mass is 251 g/mol. The number of alkyl halides is 2. The summed E-state index contributed by atoms with van der Waals surface area (Å²) in [5.74, 6) is 0.137. The molecular weight excluding hydrogens is 236 g/mol. The summed E-state index contributed by atoms with van der Waals surface area (Å²) in [6.45, 7) is 3.51. The van der Waals surface area contributed by atoms with Crippen molar-refractivity contribution in [2.45, 2.75) is 32.7 Å². The van der Waals surface area contributed by atoms with Crippen LogP contribution in [0.5, 0.6) is 5.75 Å². The first-order valence-electron chi connectivity index (χ1n) is 4.75. The second-order valence-electron chi connectivity index (χ2n) is 3.73. The maximum atomic E-state index is 12.2. The number of phenolic OH excluding ortho intramolecular Hbond substituents is 1. The maximum Gasteiger partial charge on any atom is 0.240 e. The summed E-state index contributed by atoms with van der Waals surface area (Å²) in [6.07, 6.45) is -2.76. The van der Waals surface area contributed by atoms with Crippen LogP contribution in [0.3, 0.4) is 0 Å². The van der Waals surface area contributed by atoms with E-state index in [4.69, 9.17) is 5.73 Å². The van der Waals surface area contributed by atoms with Gasteiger partial charge in [0.2, 0.25) is 6.43 Å². The summed E-state index contributed by atoms with van der Waals surface area (Å²) < 4.78 is 24.4. The Morgan fingerprint density at radius 1 is 1.25 bits per heavy atom. The average molecular weight is 252 g/mol. The molecule has 16 heavy (non-hydrogen) atoms. The molecule has 2 nitrogen and oxygen atoms in total. The van der Waals surface area contributed by atoms with Crippen LogP contribution in [0, 0.1) is 13.8 Å². The minimum atomic E-state index is -2.41. The summed E-state index contributed by atoms with van der Waals surface area (Å²) in [5.41, 5.74) is 7.89. The summed E-state index contributed by atoms with van der Waals surface area (Å²) in [7, 11) is 0. The molecule has 0 fully saturated rings. The molecule has 1 atom stereocenters. The standard InChI is InChI=1S/C11H15F2NO.ClH/c1-6-3-8(15)4-7(2)11(6)9(14)5-10(12)13;/h3-4,9-10,15H,5,14H2,1-2H3;1H/t9-;/m0./s1. The Morgan fingerprint density at radius 2 is 1.69 bits per heavy atom. The fraction of sp³-hybridized carbons (Fsp3) is 0.455. The fourth-order valence-corrected chi connectivity index (χ4v) is 1.85. The lowest BCUT2D eigenvalue weighted by atomic mass is 9.94. The van der Waals surface area contributed by atoms with Gasteiger partial charge in [-0.15, -0.1) is 12.4 Å². The minimum absolute atomic E-state index is 0. The van der Waals surface area contributed by atoms with Gasteiger partial charge in [0.15, 0.2) is 0 Å². The van der Waals surface area contributed by atoms with Crippen LogP contribution in [0.25, 0.3) is 0 Å². The van der Waals surface area contributed by atoms with E-state index >= 15 is 0 Å². The van der Waals surface area contributed by atoms with Gasteiger partial charge in [0, 0.05) is 12.5 Å². The van der Waals surface area contributed by atoms with E-state index in [0.29, 0.717) is 5.56 Å². The Kier molecular flexibility index (Phi) is 5.68. The van der Waals surface area contributed by atoms with Gasteiger partial charge in [-0.1, -0.05) is 0 Å². The first-order chi connectivity index (χ1) is 6.91. The molecule has 1 aromatic rings. The number of aryl methyl sites for hydroxylation is 2. The Labute approximate surface area is 99.9 Å². The van der Waals surface area contributed by atoms with Crippen LogP contribution in [0.15, 0.2) is 12.1 Å². The van der Waals surface area contributed by atoms with Crippen molar-refractivity contribution in [3.8, 4) is 5.75 Å². The van der Waals surface area contributed by atoms with E-state index in [2.05, 4.69) is 0 Å². The normalized spacial score (nSPS) is 12.4. The number of aromatic hydroxyl groups is 1. The molecule has 0 saturated heterocycles. The van der Waals surface area contributed by atoms with Crippen molar-refractivity contribution >= 4 is 12.4 Å². The van der Waals surface area contributed by atoms with Crippen molar-refractivity contribution in [2.24, 2.45) is 5.73 Å². The maximum absolute atomic E-state index is 12.2. The molecule has 0 radical (unpaired) electrons. The zero-order valence-corrected chi connectivity index (χ0v) is 10.0. The first-order valence-corrected chi connectivity index (χ1v) is 4.75. The van der Waals surface area contributed by atoms with Crippen molar-refractivity contribution in [3.63, 3.8) is 0 Å². The molecule has 0 bridgehead atoms. The van der Waals surface area contributed by atoms with Crippen LogP contribution in [-0.4, -0.2) is 11.5 Å².